The topological polar surface area (TPSA) is 173 Å². The number of benzene rings is 1. The molecule has 2 N–H and O–H groups in total. The average molecular weight is 821 g/mol. The normalized spacial score (nSPS) is 19.2. The molecule has 1 unspecified atom stereocenters. The molecule has 3 aliphatic rings. The van der Waals surface area contributed by atoms with Crippen molar-refractivity contribution in [3.8, 4) is 17.1 Å². The maximum atomic E-state index is 14.7. The zero-order chi connectivity index (χ0) is 41.3. The molecule has 15 nitrogen and oxygen atoms in total. The van der Waals surface area contributed by atoms with Crippen molar-refractivity contribution < 1.29 is 32.6 Å². The lowest BCUT2D eigenvalue weighted by molar-refractivity contribution is -0.137. The number of nitrogens with one attached hydrogen (secondary N) is 1. The molecule has 2 aliphatic heterocycles. The minimum atomic E-state index is -4.62. The number of aromatic nitrogens is 7. The summed E-state index contributed by atoms with van der Waals surface area (Å²) >= 11 is 6.20. The van der Waals surface area contributed by atoms with Crippen LogP contribution in [0.3, 0.4) is 0 Å². The quantitative estimate of drug-likeness (QED) is 0.228. The molecule has 2 amide bonds. The molecule has 0 saturated carbocycles. The van der Waals surface area contributed by atoms with Gasteiger partial charge in [0.25, 0.3) is 11.5 Å². The molecule has 19 heteroatoms. The van der Waals surface area contributed by atoms with E-state index in [2.05, 4.69) is 27.1 Å². The number of alkyl halides is 3. The maximum Gasteiger partial charge on any atom is 0.416 e. The molecule has 1 aromatic carbocycles. The fourth-order valence-electron chi connectivity index (χ4n) is 8.64. The van der Waals surface area contributed by atoms with Crippen LogP contribution in [0.4, 0.5) is 24.7 Å². The predicted molar refractivity (Wildman–Crippen MR) is 206 cm³/mol. The van der Waals surface area contributed by atoms with Crippen LogP contribution in [0.25, 0.3) is 17.2 Å². The van der Waals surface area contributed by atoms with Gasteiger partial charge in [0, 0.05) is 41.9 Å². The maximum absolute atomic E-state index is 14.7. The second kappa shape index (κ2) is 14.6. The summed E-state index contributed by atoms with van der Waals surface area (Å²) in [6.07, 6.45) is -2.06. The Hall–Kier alpha value is -5.62. The molecule has 1 spiro atoms. The van der Waals surface area contributed by atoms with Gasteiger partial charge in [-0.25, -0.2) is 15.0 Å². The fraction of sp³-hybridized carbons (Fsp3) is 0.436. The van der Waals surface area contributed by atoms with Crippen LogP contribution in [-0.4, -0.2) is 94.8 Å². The van der Waals surface area contributed by atoms with E-state index in [4.69, 9.17) is 31.4 Å². The lowest BCUT2D eigenvalue weighted by Crippen LogP contribution is -2.46. The summed E-state index contributed by atoms with van der Waals surface area (Å²) in [4.78, 5) is 63.5. The van der Waals surface area contributed by atoms with E-state index >= 15 is 0 Å². The number of fused-ring (bicyclic) bond motifs is 3. The van der Waals surface area contributed by atoms with Crippen LogP contribution in [0.5, 0.6) is 5.75 Å². The third-order valence-electron chi connectivity index (χ3n) is 11.5. The summed E-state index contributed by atoms with van der Waals surface area (Å²) in [6.45, 7) is 9.42. The monoisotopic (exact) mass is 820 g/mol. The van der Waals surface area contributed by atoms with E-state index in [0.717, 1.165) is 24.0 Å². The van der Waals surface area contributed by atoms with E-state index in [1.165, 1.54) is 10.8 Å². The number of ether oxygens (including phenoxy) is 1. The first-order valence-corrected chi connectivity index (χ1v) is 19.3. The van der Waals surface area contributed by atoms with Gasteiger partial charge in [-0.1, -0.05) is 18.5 Å². The summed E-state index contributed by atoms with van der Waals surface area (Å²) in [5.41, 5.74) is 0.360. The van der Waals surface area contributed by atoms with Crippen LogP contribution in [0, 0.1) is 13.8 Å². The number of amides is 2. The first kappa shape index (κ1) is 39.2. The lowest BCUT2D eigenvalue weighted by atomic mass is 9.73. The van der Waals surface area contributed by atoms with Gasteiger partial charge in [-0.2, -0.15) is 22.7 Å². The number of halogens is 4. The van der Waals surface area contributed by atoms with Crippen molar-refractivity contribution in [2.24, 2.45) is 0 Å². The van der Waals surface area contributed by atoms with Crippen LogP contribution < -0.4 is 15.8 Å². The van der Waals surface area contributed by atoms with Crippen LogP contribution in [0.1, 0.15) is 77.7 Å². The molecular weight excluding hydrogens is 781 g/mol. The molecule has 6 heterocycles. The van der Waals surface area contributed by atoms with E-state index in [1.54, 1.807) is 16.4 Å². The number of anilines is 2. The SMILES string of the molecule is Cc1nc(N2CCOC[C@H]2C)ccc1-c1nc2n(CC(=O)Nc3ccc(C(F)(F)F)cc3Cl)c3c(c(=O)n2n1)C1(CCN(C(=O)c2ncnc(C)c2O)CC1)CC3C. The fourth-order valence-corrected chi connectivity index (χ4v) is 8.87. The summed E-state index contributed by atoms with van der Waals surface area (Å²) in [6, 6.07) is 6.52. The molecule has 2 atom stereocenters. The Balaban J connectivity index is 1.18. The number of nitrogens with zero attached hydrogens (tertiary/aromatic N) is 9. The Morgan fingerprint density at radius 1 is 1.05 bits per heavy atom. The van der Waals surface area contributed by atoms with Crippen molar-refractivity contribution in [1.29, 1.82) is 0 Å². The first-order valence-electron chi connectivity index (χ1n) is 18.9. The Labute approximate surface area is 334 Å². The molecule has 4 aromatic heterocycles. The zero-order valence-corrected chi connectivity index (χ0v) is 32.9. The van der Waals surface area contributed by atoms with E-state index in [-0.39, 0.29) is 71.0 Å². The number of hydrogen-bond donors (Lipinski definition) is 2. The molecule has 8 rings (SSSR count). The Morgan fingerprint density at radius 3 is 2.50 bits per heavy atom. The van der Waals surface area contributed by atoms with E-state index in [0.29, 0.717) is 61.5 Å². The highest BCUT2D eigenvalue weighted by Gasteiger charge is 2.49. The summed E-state index contributed by atoms with van der Waals surface area (Å²) in [7, 11) is 0. The van der Waals surface area contributed by atoms with E-state index in [1.807, 2.05) is 26.0 Å². The second-order valence-electron chi connectivity index (χ2n) is 15.3. The molecule has 5 aromatic rings. The molecule has 1 aliphatic carbocycles. The predicted octanol–water partition coefficient (Wildman–Crippen LogP) is 5.28. The third-order valence-corrected chi connectivity index (χ3v) is 11.9. The number of carbonyl (C=O) groups excluding carboxylic acids is 2. The highest BCUT2D eigenvalue weighted by Crippen LogP contribution is 2.50. The Bertz CT molecular complexity index is 2530. The zero-order valence-electron chi connectivity index (χ0n) is 32.1. The van der Waals surface area contributed by atoms with Crippen molar-refractivity contribution in [1.82, 2.24) is 39.0 Å². The molecule has 2 saturated heterocycles. The molecule has 0 radical (unpaired) electrons. The van der Waals surface area contributed by atoms with Crippen molar-refractivity contribution in [3.05, 3.63) is 85.9 Å². The Kier molecular flexibility index (Phi) is 9.90. The number of piperidine rings is 1. The van der Waals surface area contributed by atoms with Crippen molar-refractivity contribution in [3.63, 3.8) is 0 Å². The molecule has 0 bridgehead atoms. The summed E-state index contributed by atoms with van der Waals surface area (Å²) in [5, 5.41) is 17.6. The molecule has 304 valence electrons. The highest BCUT2D eigenvalue weighted by molar-refractivity contribution is 6.33. The minimum Gasteiger partial charge on any atom is -0.504 e. The van der Waals surface area contributed by atoms with Gasteiger partial charge < -0.3 is 29.5 Å². The standard InChI is InChI=1S/C39H40ClF3N10O5/c1-20-16-38(9-11-50(12-10-38)36(57)31-33(55)23(4)44-19-45-31)30-32(20)52(17-29(54)47-27-7-5-24(15-26(27)40)39(41,42)43)37-48-34(49-53(37)35(30)56)25-6-8-28(46-22(25)3)51-13-14-58-18-21(51)2/h5-8,15,19-21,55H,9-14,16-18H2,1-4H3,(H,47,54)/t20?,21-/m1/s1. The van der Waals surface area contributed by atoms with Crippen molar-refractivity contribution in [2.75, 3.05) is 43.1 Å². The van der Waals surface area contributed by atoms with Crippen LogP contribution in [-0.2, 0) is 27.7 Å². The number of pyridine rings is 1. The summed E-state index contributed by atoms with van der Waals surface area (Å²) < 4.78 is 48.5. The third kappa shape index (κ3) is 6.80. The lowest BCUT2D eigenvalue weighted by Gasteiger charge is -2.39. The first-order chi connectivity index (χ1) is 27.6. The number of likely N-dealkylation sites (tertiary alicyclic amines) is 1. The number of aromatic hydroxyl groups is 1. The van der Waals surface area contributed by atoms with Crippen LogP contribution in [0.2, 0.25) is 5.02 Å². The Morgan fingerprint density at radius 2 is 1.81 bits per heavy atom. The number of aryl methyl sites for hydroxylation is 2. The van der Waals surface area contributed by atoms with Gasteiger partial charge in [0.1, 0.15) is 18.7 Å². The van der Waals surface area contributed by atoms with Crippen molar-refractivity contribution >= 4 is 40.7 Å². The smallest absolute Gasteiger partial charge is 0.416 e. The van der Waals surface area contributed by atoms with E-state index in [9.17, 15) is 32.7 Å². The highest BCUT2D eigenvalue weighted by atomic mass is 35.5. The number of morpholine rings is 1. The van der Waals surface area contributed by atoms with Crippen LogP contribution >= 0.6 is 11.6 Å². The van der Waals surface area contributed by atoms with Gasteiger partial charge in [-0.15, -0.1) is 5.10 Å². The van der Waals surface area contributed by atoms with Gasteiger partial charge in [-0.05, 0) is 76.3 Å². The van der Waals surface area contributed by atoms with E-state index < -0.39 is 34.5 Å². The van der Waals surface area contributed by atoms with Gasteiger partial charge >= 0.3 is 6.18 Å². The largest absolute Gasteiger partial charge is 0.504 e. The second-order valence-corrected chi connectivity index (χ2v) is 15.7. The molecular formula is C39H40ClF3N10O5. The van der Waals surface area contributed by atoms with Crippen LogP contribution in [0.15, 0.2) is 41.5 Å². The number of rotatable bonds is 6. The average Bonchev–Trinajstić information content (AvgIpc) is 3.75. The van der Waals surface area contributed by atoms with Gasteiger partial charge in [-0.3, -0.25) is 14.4 Å². The number of carbonyl (C=O) groups is 2. The molecule has 2 fully saturated rings. The summed E-state index contributed by atoms with van der Waals surface area (Å²) in [5.74, 6) is -0.513. The molecule has 58 heavy (non-hydrogen) atoms. The van der Waals surface area contributed by atoms with Gasteiger partial charge in [0.05, 0.1) is 46.9 Å². The van der Waals surface area contributed by atoms with Gasteiger partial charge in [0.15, 0.2) is 17.3 Å². The van der Waals surface area contributed by atoms with Gasteiger partial charge in [0.2, 0.25) is 11.7 Å². The van der Waals surface area contributed by atoms with Crippen molar-refractivity contribution in [2.45, 2.75) is 77.1 Å². The minimum absolute atomic E-state index is 0.0154. The number of hydrogen-bond acceptors (Lipinski definition) is 11.